The van der Waals surface area contributed by atoms with Gasteiger partial charge in [0.2, 0.25) is 5.91 Å². The summed E-state index contributed by atoms with van der Waals surface area (Å²) in [5, 5.41) is 0.445. The average Bonchev–Trinajstić information content (AvgIpc) is 3.15. The van der Waals surface area contributed by atoms with Crippen molar-refractivity contribution in [1.82, 2.24) is 14.9 Å². The Kier molecular flexibility index (Phi) is 5.82. The lowest BCUT2D eigenvalue weighted by Gasteiger charge is -2.26. The number of rotatable bonds is 6. The molecule has 0 radical (unpaired) electrons. The molecule has 26 heavy (non-hydrogen) atoms. The van der Waals surface area contributed by atoms with Crippen molar-refractivity contribution in [2.45, 2.75) is 24.0 Å². The zero-order chi connectivity index (χ0) is 18.5. The van der Waals surface area contributed by atoms with Crippen molar-refractivity contribution in [3.63, 3.8) is 0 Å². The van der Waals surface area contributed by atoms with Crippen molar-refractivity contribution in [3.05, 3.63) is 46.4 Å². The van der Waals surface area contributed by atoms with Gasteiger partial charge in [0.15, 0.2) is 5.16 Å². The van der Waals surface area contributed by atoms with Crippen LogP contribution in [0.15, 0.2) is 40.4 Å². The highest BCUT2D eigenvalue weighted by Crippen LogP contribution is 2.39. The number of carbonyl (C=O) groups is 1. The van der Waals surface area contributed by atoms with Gasteiger partial charge < -0.3 is 19.4 Å². The fraction of sp³-hybridized carbons (Fsp3) is 0.389. The van der Waals surface area contributed by atoms with Gasteiger partial charge in [-0.1, -0.05) is 11.8 Å². The van der Waals surface area contributed by atoms with Crippen molar-refractivity contribution < 1.29 is 14.3 Å². The SMILES string of the molecule is COc1ccc(OC)c([C@@H]2CCCN2C(=O)CSc2nccc(=O)[nH]2)c1. The largest absolute Gasteiger partial charge is 0.497 e. The summed E-state index contributed by atoms with van der Waals surface area (Å²) in [6.07, 6.45) is 3.24. The van der Waals surface area contributed by atoms with E-state index < -0.39 is 0 Å². The van der Waals surface area contributed by atoms with Crippen molar-refractivity contribution in [2.75, 3.05) is 26.5 Å². The van der Waals surface area contributed by atoms with Crippen LogP contribution in [0.2, 0.25) is 0 Å². The molecule has 2 heterocycles. The van der Waals surface area contributed by atoms with E-state index in [1.165, 1.54) is 24.0 Å². The number of H-pyrrole nitrogens is 1. The number of nitrogens with one attached hydrogen (secondary N) is 1. The summed E-state index contributed by atoms with van der Waals surface area (Å²) in [5.74, 6) is 1.71. The summed E-state index contributed by atoms with van der Waals surface area (Å²) < 4.78 is 10.8. The van der Waals surface area contributed by atoms with E-state index in [4.69, 9.17) is 9.47 Å². The molecule has 7 nitrogen and oxygen atoms in total. The second-order valence-corrected chi connectivity index (χ2v) is 6.85. The summed E-state index contributed by atoms with van der Waals surface area (Å²) in [4.78, 5) is 32.6. The van der Waals surface area contributed by atoms with Crippen LogP contribution < -0.4 is 15.0 Å². The standard InChI is InChI=1S/C18H21N3O4S/c1-24-12-5-6-15(25-2)13(10-12)14-4-3-9-21(14)17(23)11-26-18-19-8-7-16(22)20-18/h5-8,10,14H,3-4,9,11H2,1-2H3,(H,19,20,22)/t14-/m0/s1. The van der Waals surface area contributed by atoms with E-state index in [9.17, 15) is 9.59 Å². The van der Waals surface area contributed by atoms with Crippen LogP contribution in [0.4, 0.5) is 0 Å². The molecule has 1 atom stereocenters. The number of amides is 1. The van der Waals surface area contributed by atoms with Crippen LogP contribution in [0.5, 0.6) is 11.5 Å². The molecule has 8 heteroatoms. The first kappa shape index (κ1) is 18.3. The molecule has 0 unspecified atom stereocenters. The van der Waals surface area contributed by atoms with Gasteiger partial charge in [-0.25, -0.2) is 4.98 Å². The third-order valence-electron chi connectivity index (χ3n) is 4.35. The van der Waals surface area contributed by atoms with Crippen LogP contribution >= 0.6 is 11.8 Å². The highest BCUT2D eigenvalue weighted by atomic mass is 32.2. The van der Waals surface area contributed by atoms with E-state index in [-0.39, 0.29) is 23.3 Å². The summed E-state index contributed by atoms with van der Waals surface area (Å²) in [6, 6.07) is 6.94. The summed E-state index contributed by atoms with van der Waals surface area (Å²) >= 11 is 1.23. The molecule has 138 valence electrons. The van der Waals surface area contributed by atoms with E-state index in [1.807, 2.05) is 23.1 Å². The van der Waals surface area contributed by atoms with Crippen LogP contribution in [-0.2, 0) is 4.79 Å². The zero-order valence-corrected chi connectivity index (χ0v) is 15.5. The van der Waals surface area contributed by atoms with Gasteiger partial charge >= 0.3 is 0 Å². The minimum absolute atomic E-state index is 0.00822. The molecule has 1 aromatic heterocycles. The van der Waals surface area contributed by atoms with Crippen molar-refractivity contribution in [2.24, 2.45) is 0 Å². The second-order valence-electron chi connectivity index (χ2n) is 5.88. The van der Waals surface area contributed by atoms with Crippen molar-refractivity contribution in [1.29, 1.82) is 0 Å². The fourth-order valence-corrected chi connectivity index (χ4v) is 3.86. The van der Waals surface area contributed by atoms with E-state index in [2.05, 4.69) is 9.97 Å². The predicted molar refractivity (Wildman–Crippen MR) is 98.8 cm³/mol. The predicted octanol–water partition coefficient (Wildman–Crippen LogP) is 2.24. The molecule has 0 bridgehead atoms. The van der Waals surface area contributed by atoms with Gasteiger partial charge in [0.05, 0.1) is 26.0 Å². The molecule has 0 saturated carbocycles. The third-order valence-corrected chi connectivity index (χ3v) is 5.22. The fourth-order valence-electron chi connectivity index (χ4n) is 3.13. The van der Waals surface area contributed by atoms with Gasteiger partial charge in [0.1, 0.15) is 11.5 Å². The number of benzene rings is 1. The van der Waals surface area contributed by atoms with Gasteiger partial charge in [0, 0.05) is 24.4 Å². The average molecular weight is 375 g/mol. The molecule has 1 fully saturated rings. The summed E-state index contributed by atoms with van der Waals surface area (Å²) in [7, 11) is 3.24. The van der Waals surface area contributed by atoms with Gasteiger partial charge in [-0.05, 0) is 31.0 Å². The maximum Gasteiger partial charge on any atom is 0.251 e. The minimum atomic E-state index is -0.227. The smallest absolute Gasteiger partial charge is 0.251 e. The Hall–Kier alpha value is -2.48. The number of aromatic amines is 1. The Labute approximate surface area is 155 Å². The highest BCUT2D eigenvalue weighted by molar-refractivity contribution is 7.99. The topological polar surface area (TPSA) is 84.5 Å². The minimum Gasteiger partial charge on any atom is -0.497 e. The van der Waals surface area contributed by atoms with E-state index in [0.717, 1.165) is 29.9 Å². The van der Waals surface area contributed by atoms with Gasteiger partial charge in [-0.2, -0.15) is 0 Å². The third kappa shape index (κ3) is 4.01. The Morgan fingerprint density at radius 1 is 1.35 bits per heavy atom. The lowest BCUT2D eigenvalue weighted by atomic mass is 10.0. The molecular formula is C18H21N3O4S. The Balaban J connectivity index is 1.75. The number of ether oxygens (including phenoxy) is 2. The number of carbonyl (C=O) groups excluding carboxylic acids is 1. The lowest BCUT2D eigenvalue weighted by Crippen LogP contribution is -2.32. The zero-order valence-electron chi connectivity index (χ0n) is 14.7. The van der Waals surface area contributed by atoms with Crippen LogP contribution in [0.25, 0.3) is 0 Å². The normalized spacial score (nSPS) is 16.5. The van der Waals surface area contributed by atoms with E-state index in [0.29, 0.717) is 11.7 Å². The Bertz CT molecular complexity index is 839. The van der Waals surface area contributed by atoms with Crippen LogP contribution in [0.1, 0.15) is 24.4 Å². The van der Waals surface area contributed by atoms with Crippen LogP contribution in [0, 0.1) is 0 Å². The molecule has 1 amide bonds. The van der Waals surface area contributed by atoms with Crippen molar-refractivity contribution >= 4 is 17.7 Å². The molecule has 3 rings (SSSR count). The maximum atomic E-state index is 12.8. The van der Waals surface area contributed by atoms with E-state index in [1.54, 1.807) is 14.2 Å². The molecule has 1 saturated heterocycles. The Morgan fingerprint density at radius 2 is 2.19 bits per heavy atom. The van der Waals surface area contributed by atoms with Crippen LogP contribution in [0.3, 0.4) is 0 Å². The van der Waals surface area contributed by atoms with E-state index >= 15 is 0 Å². The van der Waals surface area contributed by atoms with Gasteiger partial charge in [-0.15, -0.1) is 0 Å². The highest BCUT2D eigenvalue weighted by Gasteiger charge is 2.32. The molecule has 1 aliphatic rings. The van der Waals surface area contributed by atoms with Crippen molar-refractivity contribution in [3.8, 4) is 11.5 Å². The number of methoxy groups -OCH3 is 2. The summed E-state index contributed by atoms with van der Waals surface area (Å²) in [5.41, 5.74) is 0.726. The number of likely N-dealkylation sites (tertiary alicyclic amines) is 1. The Morgan fingerprint density at radius 3 is 2.92 bits per heavy atom. The lowest BCUT2D eigenvalue weighted by molar-refractivity contribution is -0.129. The number of hydrogen-bond acceptors (Lipinski definition) is 6. The molecule has 1 aromatic carbocycles. The molecule has 1 aliphatic heterocycles. The number of thioether (sulfide) groups is 1. The maximum absolute atomic E-state index is 12.8. The monoisotopic (exact) mass is 375 g/mol. The second kappa shape index (κ2) is 8.27. The first-order chi connectivity index (χ1) is 12.6. The van der Waals surface area contributed by atoms with Crippen LogP contribution in [-0.4, -0.2) is 47.3 Å². The molecule has 2 aromatic rings. The first-order valence-corrected chi connectivity index (χ1v) is 9.30. The summed E-state index contributed by atoms with van der Waals surface area (Å²) in [6.45, 7) is 0.698. The number of nitrogens with zero attached hydrogens (tertiary/aromatic N) is 2. The molecule has 0 aliphatic carbocycles. The van der Waals surface area contributed by atoms with Gasteiger partial charge in [0.25, 0.3) is 5.56 Å². The number of hydrogen-bond donors (Lipinski definition) is 1. The molecular weight excluding hydrogens is 354 g/mol. The molecule has 1 N–H and O–H groups in total. The van der Waals surface area contributed by atoms with Gasteiger partial charge in [-0.3, -0.25) is 9.59 Å². The first-order valence-electron chi connectivity index (χ1n) is 8.32. The molecule has 0 spiro atoms. The quantitative estimate of drug-likeness (QED) is 0.616. The number of aromatic nitrogens is 2.